The third kappa shape index (κ3) is 4.85. The highest BCUT2D eigenvalue weighted by molar-refractivity contribution is 7.22. The predicted molar refractivity (Wildman–Crippen MR) is 108 cm³/mol. The molecule has 0 saturated heterocycles. The Morgan fingerprint density at radius 3 is 2.76 bits per heavy atom. The van der Waals surface area contributed by atoms with Gasteiger partial charge >= 0.3 is 5.97 Å². The lowest BCUT2D eigenvalue weighted by molar-refractivity contribution is -0.385. The van der Waals surface area contributed by atoms with Gasteiger partial charge in [-0.05, 0) is 38.1 Å². The number of carbonyl (C=O) groups excluding carboxylic acids is 2. The molecule has 150 valence electrons. The zero-order valence-corrected chi connectivity index (χ0v) is 16.4. The molecule has 0 aliphatic heterocycles. The molecule has 0 bridgehead atoms. The van der Waals surface area contributed by atoms with Crippen LogP contribution in [0.2, 0.25) is 0 Å². The van der Waals surface area contributed by atoms with Crippen LogP contribution < -0.4 is 10.1 Å². The molecule has 2 aromatic carbocycles. The minimum Gasteiger partial charge on any atom is -0.494 e. The van der Waals surface area contributed by atoms with Gasteiger partial charge in [0.15, 0.2) is 11.7 Å². The van der Waals surface area contributed by atoms with Gasteiger partial charge < -0.3 is 9.47 Å². The first-order valence-electron chi connectivity index (χ1n) is 8.62. The average Bonchev–Trinajstić information content (AvgIpc) is 3.08. The third-order valence-corrected chi connectivity index (χ3v) is 4.83. The number of fused-ring (bicyclic) bond motifs is 1. The van der Waals surface area contributed by atoms with E-state index in [9.17, 15) is 19.7 Å². The van der Waals surface area contributed by atoms with Crippen molar-refractivity contribution in [1.82, 2.24) is 4.98 Å². The zero-order valence-electron chi connectivity index (χ0n) is 15.6. The number of amides is 1. The van der Waals surface area contributed by atoms with Gasteiger partial charge in [0.1, 0.15) is 5.75 Å². The molecule has 0 saturated carbocycles. The number of hydrogen-bond donors (Lipinski definition) is 1. The molecule has 0 atom stereocenters. The molecule has 1 amide bonds. The summed E-state index contributed by atoms with van der Waals surface area (Å²) in [6, 6.07) is 9.39. The molecule has 1 aromatic heterocycles. The van der Waals surface area contributed by atoms with E-state index in [-0.39, 0.29) is 11.3 Å². The molecule has 0 radical (unpaired) electrons. The van der Waals surface area contributed by atoms with Crippen molar-refractivity contribution in [2.24, 2.45) is 0 Å². The molecule has 0 unspecified atom stereocenters. The van der Waals surface area contributed by atoms with E-state index in [1.165, 1.54) is 23.5 Å². The van der Waals surface area contributed by atoms with Crippen molar-refractivity contribution in [3.63, 3.8) is 0 Å². The number of nitro groups is 1. The van der Waals surface area contributed by atoms with Gasteiger partial charge in [-0.15, -0.1) is 0 Å². The number of carbonyl (C=O) groups is 2. The van der Waals surface area contributed by atoms with Gasteiger partial charge in [-0.3, -0.25) is 20.2 Å². The minimum absolute atomic E-state index is 0.00135. The molecule has 3 rings (SSSR count). The van der Waals surface area contributed by atoms with Crippen LogP contribution in [0, 0.1) is 17.0 Å². The number of nitrogens with zero attached hydrogens (tertiary/aromatic N) is 2. The minimum atomic E-state index is -0.825. The lowest BCUT2D eigenvalue weighted by atomic mass is 10.1. The highest BCUT2D eigenvalue weighted by Crippen LogP contribution is 2.29. The number of aromatic nitrogens is 1. The van der Waals surface area contributed by atoms with Crippen molar-refractivity contribution in [3.8, 4) is 5.75 Å². The van der Waals surface area contributed by atoms with E-state index in [0.717, 1.165) is 10.8 Å². The number of benzene rings is 2. The summed E-state index contributed by atoms with van der Waals surface area (Å²) in [6.07, 6.45) is 0. The van der Waals surface area contributed by atoms with Crippen LogP contribution in [-0.2, 0) is 9.53 Å². The summed E-state index contributed by atoms with van der Waals surface area (Å²) in [6.45, 7) is 3.46. The first-order valence-corrected chi connectivity index (χ1v) is 9.44. The molecule has 29 heavy (non-hydrogen) atoms. The average molecular weight is 415 g/mol. The number of ether oxygens (including phenoxy) is 2. The summed E-state index contributed by atoms with van der Waals surface area (Å²) in [5.74, 6) is -0.680. The number of nitrogens with one attached hydrogen (secondary N) is 1. The van der Waals surface area contributed by atoms with Crippen LogP contribution in [-0.4, -0.2) is 35.0 Å². The fourth-order valence-corrected chi connectivity index (χ4v) is 3.43. The number of aryl methyl sites for hydroxylation is 1. The van der Waals surface area contributed by atoms with Crippen molar-refractivity contribution in [1.29, 1.82) is 0 Å². The smallest absolute Gasteiger partial charge is 0.338 e. The van der Waals surface area contributed by atoms with Crippen molar-refractivity contribution in [2.75, 3.05) is 18.5 Å². The summed E-state index contributed by atoms with van der Waals surface area (Å²) in [5, 5.41) is 13.9. The van der Waals surface area contributed by atoms with Crippen molar-refractivity contribution < 1.29 is 24.0 Å². The van der Waals surface area contributed by atoms with Crippen molar-refractivity contribution in [3.05, 3.63) is 57.6 Å². The molecule has 0 fully saturated rings. The lowest BCUT2D eigenvalue weighted by Gasteiger charge is -2.05. The van der Waals surface area contributed by atoms with Crippen LogP contribution in [0.4, 0.5) is 10.8 Å². The lowest BCUT2D eigenvalue weighted by Crippen LogP contribution is -2.20. The molecular weight excluding hydrogens is 398 g/mol. The second kappa shape index (κ2) is 8.65. The quantitative estimate of drug-likeness (QED) is 0.355. The standard InChI is InChI=1S/C19H17N3O6S/c1-3-27-13-6-7-14-16(9-13)29-19(20-14)21-17(23)10-28-18(24)12-5-4-11(2)15(8-12)22(25)26/h4-9H,3,10H2,1-2H3,(H,20,21,23). The van der Waals surface area contributed by atoms with Gasteiger partial charge in [-0.1, -0.05) is 17.4 Å². The maximum Gasteiger partial charge on any atom is 0.338 e. The van der Waals surface area contributed by atoms with Crippen LogP contribution in [0.25, 0.3) is 10.2 Å². The summed E-state index contributed by atoms with van der Waals surface area (Å²) in [5.41, 5.74) is 0.939. The van der Waals surface area contributed by atoms with Crippen LogP contribution in [0.15, 0.2) is 36.4 Å². The third-order valence-electron chi connectivity index (χ3n) is 3.89. The van der Waals surface area contributed by atoms with E-state index < -0.39 is 23.4 Å². The number of esters is 1. The SMILES string of the molecule is CCOc1ccc2nc(NC(=O)COC(=O)c3ccc(C)c([N+](=O)[O-])c3)sc2c1. The molecule has 1 heterocycles. The predicted octanol–water partition coefficient (Wildman–Crippen LogP) is 3.71. The Morgan fingerprint density at radius 1 is 1.24 bits per heavy atom. The summed E-state index contributed by atoms with van der Waals surface area (Å²) in [4.78, 5) is 38.8. The van der Waals surface area contributed by atoms with E-state index in [0.29, 0.717) is 28.6 Å². The van der Waals surface area contributed by atoms with E-state index in [1.807, 2.05) is 13.0 Å². The van der Waals surface area contributed by atoms with Crippen LogP contribution >= 0.6 is 11.3 Å². The van der Waals surface area contributed by atoms with E-state index in [1.54, 1.807) is 19.1 Å². The van der Waals surface area contributed by atoms with Crippen LogP contribution in [0.3, 0.4) is 0 Å². The first-order chi connectivity index (χ1) is 13.9. The van der Waals surface area contributed by atoms with Crippen LogP contribution in [0.1, 0.15) is 22.8 Å². The maximum atomic E-state index is 12.1. The number of rotatable bonds is 7. The fraction of sp³-hybridized carbons (Fsp3) is 0.211. The second-order valence-electron chi connectivity index (χ2n) is 5.96. The van der Waals surface area contributed by atoms with E-state index in [4.69, 9.17) is 9.47 Å². The number of anilines is 1. The van der Waals surface area contributed by atoms with Crippen LogP contribution in [0.5, 0.6) is 5.75 Å². The van der Waals surface area contributed by atoms with E-state index >= 15 is 0 Å². The van der Waals surface area contributed by atoms with Gasteiger partial charge in [-0.2, -0.15) is 0 Å². The summed E-state index contributed by atoms with van der Waals surface area (Å²) < 4.78 is 11.2. The van der Waals surface area contributed by atoms with Gasteiger partial charge in [0.25, 0.3) is 11.6 Å². The second-order valence-corrected chi connectivity index (χ2v) is 6.99. The number of nitro benzene ring substituents is 1. The van der Waals surface area contributed by atoms with Gasteiger partial charge in [0, 0.05) is 11.6 Å². The number of hydrogen-bond acceptors (Lipinski definition) is 8. The largest absolute Gasteiger partial charge is 0.494 e. The zero-order chi connectivity index (χ0) is 21.0. The molecule has 3 aromatic rings. The fourth-order valence-electron chi connectivity index (χ4n) is 2.52. The van der Waals surface area contributed by atoms with Gasteiger partial charge in [0.2, 0.25) is 0 Å². The highest BCUT2D eigenvalue weighted by atomic mass is 32.1. The highest BCUT2D eigenvalue weighted by Gasteiger charge is 2.17. The molecule has 0 spiro atoms. The number of thiazole rings is 1. The molecule has 0 aliphatic carbocycles. The Morgan fingerprint density at radius 2 is 2.03 bits per heavy atom. The van der Waals surface area contributed by atoms with Crippen molar-refractivity contribution in [2.45, 2.75) is 13.8 Å². The maximum absolute atomic E-state index is 12.1. The molecule has 10 heteroatoms. The Labute approximate surface area is 169 Å². The van der Waals surface area contributed by atoms with E-state index in [2.05, 4.69) is 10.3 Å². The summed E-state index contributed by atoms with van der Waals surface area (Å²) in [7, 11) is 0. The Kier molecular flexibility index (Phi) is 6.03. The molecule has 9 nitrogen and oxygen atoms in total. The Bertz CT molecular complexity index is 1090. The van der Waals surface area contributed by atoms with Gasteiger partial charge in [-0.25, -0.2) is 9.78 Å². The summed E-state index contributed by atoms with van der Waals surface area (Å²) >= 11 is 1.26. The monoisotopic (exact) mass is 415 g/mol. The Balaban J connectivity index is 1.61. The molecular formula is C19H17N3O6S. The molecule has 0 aliphatic rings. The normalized spacial score (nSPS) is 10.6. The first kappa shape index (κ1) is 20.2. The molecule has 1 N–H and O–H groups in total. The Hall–Kier alpha value is -3.53. The van der Waals surface area contributed by atoms with Gasteiger partial charge in [0.05, 0.1) is 27.3 Å². The topological polar surface area (TPSA) is 121 Å². The van der Waals surface area contributed by atoms with Crippen molar-refractivity contribution >= 4 is 44.2 Å².